The monoisotopic (exact) mass is 283 g/mol. The van der Waals surface area contributed by atoms with Crippen molar-refractivity contribution in [2.45, 2.75) is 26.7 Å². The minimum atomic E-state index is 0.993. The first-order valence-corrected chi connectivity index (χ1v) is 8.17. The van der Waals surface area contributed by atoms with E-state index in [4.69, 9.17) is 4.98 Å². The fourth-order valence-electron chi connectivity index (χ4n) is 3.18. The summed E-state index contributed by atoms with van der Waals surface area (Å²) in [5.74, 6) is 0. The molecule has 0 radical (unpaired) electrons. The lowest BCUT2D eigenvalue weighted by atomic mass is 10.1. The first-order chi connectivity index (χ1) is 10.3. The first kappa shape index (κ1) is 14.3. The molecule has 0 unspecified atom stereocenters. The molecule has 21 heavy (non-hydrogen) atoms. The molecule has 1 aromatic carbocycles. The van der Waals surface area contributed by atoms with Crippen LogP contribution in [0, 0.1) is 0 Å². The molecule has 1 aliphatic heterocycles. The third-order valence-electron chi connectivity index (χ3n) is 4.49. The molecule has 0 aliphatic carbocycles. The van der Waals surface area contributed by atoms with E-state index in [9.17, 15) is 0 Å². The van der Waals surface area contributed by atoms with Crippen molar-refractivity contribution in [3.8, 4) is 0 Å². The van der Waals surface area contributed by atoms with E-state index in [1.54, 1.807) is 0 Å². The summed E-state index contributed by atoms with van der Waals surface area (Å²) in [6.45, 7) is 10.2. The highest BCUT2D eigenvalue weighted by atomic mass is 15.2. The lowest BCUT2D eigenvalue weighted by Gasteiger charge is -2.25. The maximum atomic E-state index is 4.77. The van der Waals surface area contributed by atoms with Gasteiger partial charge in [0, 0.05) is 36.4 Å². The topological polar surface area (TPSA) is 19.4 Å². The van der Waals surface area contributed by atoms with E-state index >= 15 is 0 Å². The summed E-state index contributed by atoms with van der Waals surface area (Å²) in [4.78, 5) is 9.87. The molecule has 0 amide bonds. The smallest absolute Gasteiger partial charge is 0.0726 e. The number of aryl methyl sites for hydroxylation is 1. The Morgan fingerprint density at radius 3 is 2.71 bits per heavy atom. The number of aromatic nitrogens is 1. The van der Waals surface area contributed by atoms with Crippen LogP contribution in [0.1, 0.15) is 26.0 Å². The second kappa shape index (κ2) is 6.44. The van der Waals surface area contributed by atoms with Gasteiger partial charge in [-0.1, -0.05) is 32.0 Å². The van der Waals surface area contributed by atoms with Crippen LogP contribution >= 0.6 is 0 Å². The minimum Gasteiger partial charge on any atom is -0.370 e. The third kappa shape index (κ3) is 3.03. The number of para-hydroxylation sites is 1. The summed E-state index contributed by atoms with van der Waals surface area (Å²) in [7, 11) is 0. The average Bonchev–Trinajstić information content (AvgIpc) is 2.79. The highest BCUT2D eigenvalue weighted by Crippen LogP contribution is 2.27. The molecule has 2 heterocycles. The van der Waals surface area contributed by atoms with E-state index in [1.165, 1.54) is 29.7 Å². The fourth-order valence-corrected chi connectivity index (χ4v) is 3.18. The number of anilines is 1. The van der Waals surface area contributed by atoms with Crippen LogP contribution in [0.2, 0.25) is 0 Å². The number of hydrogen-bond donors (Lipinski definition) is 0. The molecule has 0 spiro atoms. The maximum absolute atomic E-state index is 4.77. The number of rotatable bonds is 3. The lowest BCUT2D eigenvalue weighted by molar-refractivity contribution is 0.310. The number of hydrogen-bond acceptors (Lipinski definition) is 3. The molecular weight excluding hydrogens is 258 g/mol. The van der Waals surface area contributed by atoms with E-state index in [2.05, 4.69) is 54.0 Å². The van der Waals surface area contributed by atoms with Crippen molar-refractivity contribution in [3.05, 3.63) is 36.0 Å². The molecule has 1 saturated heterocycles. The van der Waals surface area contributed by atoms with Gasteiger partial charge in [-0.3, -0.25) is 4.98 Å². The van der Waals surface area contributed by atoms with Crippen molar-refractivity contribution < 1.29 is 0 Å². The van der Waals surface area contributed by atoms with Crippen molar-refractivity contribution in [1.82, 2.24) is 9.88 Å². The molecule has 0 bridgehead atoms. The van der Waals surface area contributed by atoms with Crippen molar-refractivity contribution in [1.29, 1.82) is 0 Å². The molecule has 1 fully saturated rings. The summed E-state index contributed by atoms with van der Waals surface area (Å²) in [6.07, 6.45) is 2.23. The first-order valence-electron chi connectivity index (χ1n) is 8.17. The zero-order valence-corrected chi connectivity index (χ0v) is 13.2. The normalized spacial score (nSPS) is 17.1. The van der Waals surface area contributed by atoms with Crippen LogP contribution in [0.25, 0.3) is 10.9 Å². The summed E-state index contributed by atoms with van der Waals surface area (Å²) in [6, 6.07) is 10.8. The summed E-state index contributed by atoms with van der Waals surface area (Å²) in [5.41, 5.74) is 3.69. The Labute approximate surface area is 127 Å². The van der Waals surface area contributed by atoms with Crippen LogP contribution in [-0.4, -0.2) is 42.6 Å². The Morgan fingerprint density at radius 1 is 1.05 bits per heavy atom. The molecule has 0 N–H and O–H groups in total. The van der Waals surface area contributed by atoms with Crippen molar-refractivity contribution in [2.75, 3.05) is 37.6 Å². The number of fused-ring (bicyclic) bond motifs is 1. The highest BCUT2D eigenvalue weighted by Gasteiger charge is 2.16. The Kier molecular flexibility index (Phi) is 4.39. The van der Waals surface area contributed by atoms with Gasteiger partial charge in [0.05, 0.1) is 5.52 Å². The summed E-state index contributed by atoms with van der Waals surface area (Å²) >= 11 is 0. The summed E-state index contributed by atoms with van der Waals surface area (Å²) in [5, 5.41) is 1.29. The van der Waals surface area contributed by atoms with Gasteiger partial charge < -0.3 is 9.80 Å². The largest absolute Gasteiger partial charge is 0.370 e. The Morgan fingerprint density at radius 2 is 1.90 bits per heavy atom. The quantitative estimate of drug-likeness (QED) is 0.861. The number of likely N-dealkylation sites (N-methyl/N-ethyl adjacent to an activating group) is 1. The molecule has 3 nitrogen and oxygen atoms in total. The minimum absolute atomic E-state index is 0.993. The van der Waals surface area contributed by atoms with Crippen LogP contribution in [-0.2, 0) is 6.42 Å². The second-order valence-corrected chi connectivity index (χ2v) is 5.78. The van der Waals surface area contributed by atoms with E-state index in [0.717, 1.165) is 38.1 Å². The SMILES string of the molecule is CCc1cc(N2CCCN(CC)CC2)c2ccccc2n1. The van der Waals surface area contributed by atoms with Crippen molar-refractivity contribution in [3.63, 3.8) is 0 Å². The van der Waals surface area contributed by atoms with E-state index in [0.29, 0.717) is 0 Å². The van der Waals surface area contributed by atoms with Gasteiger partial charge >= 0.3 is 0 Å². The Balaban J connectivity index is 1.98. The van der Waals surface area contributed by atoms with Gasteiger partial charge in [-0.05, 0) is 38.1 Å². The summed E-state index contributed by atoms with van der Waals surface area (Å²) < 4.78 is 0. The predicted octanol–water partition coefficient (Wildman–Crippen LogP) is 3.33. The van der Waals surface area contributed by atoms with Gasteiger partial charge in [-0.15, -0.1) is 0 Å². The van der Waals surface area contributed by atoms with Gasteiger partial charge in [0.1, 0.15) is 0 Å². The van der Waals surface area contributed by atoms with Crippen LogP contribution in [0.15, 0.2) is 30.3 Å². The average molecular weight is 283 g/mol. The Bertz CT molecular complexity index is 608. The molecule has 0 atom stereocenters. The molecule has 2 aromatic rings. The third-order valence-corrected chi connectivity index (χ3v) is 4.49. The molecule has 112 valence electrons. The molecule has 1 aliphatic rings. The van der Waals surface area contributed by atoms with Gasteiger partial charge in [0.25, 0.3) is 0 Å². The van der Waals surface area contributed by atoms with Crippen LogP contribution in [0.3, 0.4) is 0 Å². The van der Waals surface area contributed by atoms with Gasteiger partial charge in [0.15, 0.2) is 0 Å². The number of nitrogens with zero attached hydrogens (tertiary/aromatic N) is 3. The van der Waals surface area contributed by atoms with Gasteiger partial charge in [-0.25, -0.2) is 0 Å². The molecule has 1 aromatic heterocycles. The molecule has 3 rings (SSSR count). The molecule has 0 saturated carbocycles. The van der Waals surface area contributed by atoms with Crippen LogP contribution in [0.5, 0.6) is 0 Å². The second-order valence-electron chi connectivity index (χ2n) is 5.78. The number of pyridine rings is 1. The maximum Gasteiger partial charge on any atom is 0.0726 e. The fraction of sp³-hybridized carbons (Fsp3) is 0.500. The molecule has 3 heteroatoms. The van der Waals surface area contributed by atoms with Gasteiger partial charge in [0.2, 0.25) is 0 Å². The molecular formula is C18H25N3. The van der Waals surface area contributed by atoms with Crippen LogP contribution in [0.4, 0.5) is 5.69 Å². The van der Waals surface area contributed by atoms with E-state index in [1.807, 2.05) is 0 Å². The van der Waals surface area contributed by atoms with Crippen LogP contribution < -0.4 is 4.90 Å². The Hall–Kier alpha value is -1.61. The van der Waals surface area contributed by atoms with Crippen molar-refractivity contribution >= 4 is 16.6 Å². The predicted molar refractivity (Wildman–Crippen MR) is 90.1 cm³/mol. The zero-order chi connectivity index (χ0) is 14.7. The van der Waals surface area contributed by atoms with E-state index in [-0.39, 0.29) is 0 Å². The van der Waals surface area contributed by atoms with Crippen molar-refractivity contribution in [2.24, 2.45) is 0 Å². The standard InChI is InChI=1S/C18H25N3/c1-3-15-14-18(16-8-5-6-9-17(16)19-15)21-11-7-10-20(4-2)12-13-21/h5-6,8-9,14H,3-4,7,10-13H2,1-2H3. The number of benzene rings is 1. The zero-order valence-electron chi connectivity index (χ0n) is 13.2. The van der Waals surface area contributed by atoms with Gasteiger partial charge in [-0.2, -0.15) is 0 Å². The lowest BCUT2D eigenvalue weighted by Crippen LogP contribution is -2.30. The van der Waals surface area contributed by atoms with E-state index < -0.39 is 0 Å². The highest BCUT2D eigenvalue weighted by molar-refractivity contribution is 5.92.